The lowest BCUT2D eigenvalue weighted by Gasteiger charge is -2.20. The number of hydrogen-bond acceptors (Lipinski definition) is 8. The van der Waals surface area contributed by atoms with Gasteiger partial charge in [0.15, 0.2) is 5.13 Å². The number of thiazole rings is 1. The van der Waals surface area contributed by atoms with Crippen LogP contribution in [0.2, 0.25) is 0 Å². The predicted molar refractivity (Wildman–Crippen MR) is 136 cm³/mol. The van der Waals surface area contributed by atoms with Crippen molar-refractivity contribution in [2.24, 2.45) is 0 Å². The Morgan fingerprint density at radius 2 is 1.76 bits per heavy atom. The number of nitrogens with zero attached hydrogens (tertiary/aromatic N) is 3. The number of rotatable bonds is 10. The van der Waals surface area contributed by atoms with E-state index in [0.717, 1.165) is 20.9 Å². The Morgan fingerprint density at radius 3 is 2.44 bits per heavy atom. The second-order valence-electron chi connectivity index (χ2n) is 7.26. The number of hydrogen-bond donors (Lipinski definition) is 0. The van der Waals surface area contributed by atoms with Crippen LogP contribution in [0.15, 0.2) is 65.8 Å². The molecule has 4 rings (SSSR count). The number of anilines is 1. The summed E-state index contributed by atoms with van der Waals surface area (Å²) < 4.78 is 17.1. The fourth-order valence-corrected chi connectivity index (χ4v) is 5.32. The Bertz CT molecular complexity index is 1210. The quantitative estimate of drug-likeness (QED) is 0.272. The molecule has 0 fully saturated rings. The number of fused-ring (bicyclic) bond motifs is 1. The lowest BCUT2D eigenvalue weighted by Crippen LogP contribution is -2.30. The van der Waals surface area contributed by atoms with Crippen molar-refractivity contribution in [1.82, 2.24) is 9.97 Å². The highest BCUT2D eigenvalue weighted by molar-refractivity contribution is 7.99. The summed E-state index contributed by atoms with van der Waals surface area (Å²) in [7, 11) is 4.87. The molecule has 176 valence electrons. The van der Waals surface area contributed by atoms with E-state index in [1.165, 1.54) is 11.3 Å². The average Bonchev–Trinajstić information content (AvgIpc) is 3.33. The van der Waals surface area contributed by atoms with Crippen molar-refractivity contribution in [2.45, 2.75) is 17.9 Å². The van der Waals surface area contributed by atoms with Gasteiger partial charge in [0, 0.05) is 29.5 Å². The van der Waals surface area contributed by atoms with Crippen LogP contribution < -0.4 is 19.1 Å². The van der Waals surface area contributed by atoms with Crippen molar-refractivity contribution in [1.29, 1.82) is 0 Å². The van der Waals surface area contributed by atoms with Gasteiger partial charge in [-0.15, -0.1) is 11.8 Å². The average molecular weight is 496 g/mol. The molecular weight excluding hydrogens is 470 g/mol. The lowest BCUT2D eigenvalue weighted by atomic mass is 10.2. The smallest absolute Gasteiger partial charge is 0.229 e. The van der Waals surface area contributed by atoms with E-state index in [1.807, 2.05) is 48.5 Å². The van der Waals surface area contributed by atoms with Gasteiger partial charge in [0.25, 0.3) is 0 Å². The summed E-state index contributed by atoms with van der Waals surface area (Å²) in [4.78, 5) is 25.2. The minimum atomic E-state index is -0.0122. The van der Waals surface area contributed by atoms with Crippen LogP contribution >= 0.6 is 23.1 Å². The Morgan fingerprint density at radius 1 is 1.00 bits per heavy atom. The summed E-state index contributed by atoms with van der Waals surface area (Å²) in [5.74, 6) is 2.78. The van der Waals surface area contributed by atoms with E-state index in [-0.39, 0.29) is 5.91 Å². The Kier molecular flexibility index (Phi) is 7.87. The molecule has 0 aliphatic carbocycles. The van der Waals surface area contributed by atoms with Crippen molar-refractivity contribution in [3.8, 4) is 17.2 Å². The molecule has 2 aromatic carbocycles. The third kappa shape index (κ3) is 5.43. The minimum absolute atomic E-state index is 0.0122. The van der Waals surface area contributed by atoms with Gasteiger partial charge in [-0.1, -0.05) is 17.4 Å². The highest BCUT2D eigenvalue weighted by Crippen LogP contribution is 2.40. The Hall–Kier alpha value is -3.30. The van der Waals surface area contributed by atoms with E-state index in [2.05, 4.69) is 4.98 Å². The predicted octanol–water partition coefficient (Wildman–Crippen LogP) is 5.43. The molecule has 0 spiro atoms. The summed E-state index contributed by atoms with van der Waals surface area (Å²) in [6.07, 6.45) is 3.84. The van der Waals surface area contributed by atoms with Gasteiger partial charge in [-0.25, -0.2) is 4.98 Å². The largest absolute Gasteiger partial charge is 0.497 e. The summed E-state index contributed by atoms with van der Waals surface area (Å²) >= 11 is 3.05. The number of pyridine rings is 1. The summed E-state index contributed by atoms with van der Waals surface area (Å²) in [6.45, 7) is 0.379. The number of carbonyl (C=O) groups is 1. The SMILES string of the molecule is COc1ccc(SCCC(=O)N(Cc2cccnc2)c2nc3c(OC)ccc(OC)c3s2)cc1. The first-order chi connectivity index (χ1) is 16.6. The van der Waals surface area contributed by atoms with Gasteiger partial charge in [0.1, 0.15) is 27.5 Å². The van der Waals surface area contributed by atoms with Crippen LogP contribution in [0.5, 0.6) is 17.2 Å². The van der Waals surface area contributed by atoms with Crippen molar-refractivity contribution < 1.29 is 19.0 Å². The Balaban J connectivity index is 1.58. The molecule has 0 unspecified atom stereocenters. The van der Waals surface area contributed by atoms with Crippen molar-refractivity contribution in [3.05, 3.63) is 66.5 Å². The molecule has 0 saturated heterocycles. The number of amides is 1. The van der Waals surface area contributed by atoms with E-state index < -0.39 is 0 Å². The van der Waals surface area contributed by atoms with Gasteiger partial charge in [0.2, 0.25) is 5.91 Å². The molecule has 2 heterocycles. The maximum Gasteiger partial charge on any atom is 0.229 e. The van der Waals surface area contributed by atoms with Gasteiger partial charge in [-0.2, -0.15) is 0 Å². The normalized spacial score (nSPS) is 10.8. The zero-order valence-corrected chi connectivity index (χ0v) is 20.8. The molecule has 4 aromatic rings. The maximum absolute atomic E-state index is 13.4. The maximum atomic E-state index is 13.4. The van der Waals surface area contributed by atoms with Crippen LogP contribution in [-0.4, -0.2) is 43.0 Å². The fourth-order valence-electron chi connectivity index (χ4n) is 3.39. The van der Waals surface area contributed by atoms with E-state index in [1.54, 1.807) is 50.4 Å². The second-order valence-corrected chi connectivity index (χ2v) is 9.41. The van der Waals surface area contributed by atoms with Crippen LogP contribution in [-0.2, 0) is 11.3 Å². The third-order valence-corrected chi connectivity index (χ3v) is 7.25. The molecule has 1 amide bonds. The fraction of sp³-hybridized carbons (Fsp3) is 0.240. The molecule has 0 saturated carbocycles. The minimum Gasteiger partial charge on any atom is -0.497 e. The zero-order valence-electron chi connectivity index (χ0n) is 19.2. The van der Waals surface area contributed by atoms with E-state index in [9.17, 15) is 4.79 Å². The van der Waals surface area contributed by atoms with Crippen molar-refractivity contribution in [2.75, 3.05) is 32.0 Å². The zero-order chi connectivity index (χ0) is 23.9. The standard InChI is InChI=1S/C25H25N3O4S2/c1-30-18-6-8-19(9-7-18)33-14-12-22(29)28(16-17-5-4-13-26-15-17)25-27-23-20(31-2)10-11-21(32-3)24(23)34-25/h4-11,13,15H,12,14,16H2,1-3H3. The molecular formula is C25H25N3O4S2. The Labute approximate surface area is 206 Å². The molecule has 0 atom stereocenters. The summed E-state index contributed by atoms with van der Waals surface area (Å²) in [5, 5.41) is 0.598. The van der Waals surface area contributed by atoms with Crippen LogP contribution in [0.4, 0.5) is 5.13 Å². The number of carbonyl (C=O) groups excluding carboxylic acids is 1. The molecule has 0 aliphatic rings. The first-order valence-electron chi connectivity index (χ1n) is 10.6. The lowest BCUT2D eigenvalue weighted by molar-refractivity contribution is -0.118. The molecule has 9 heteroatoms. The monoisotopic (exact) mass is 495 g/mol. The second kappa shape index (κ2) is 11.2. The van der Waals surface area contributed by atoms with Crippen LogP contribution in [0, 0.1) is 0 Å². The number of benzene rings is 2. The first kappa shape index (κ1) is 23.8. The highest BCUT2D eigenvalue weighted by atomic mass is 32.2. The van der Waals surface area contributed by atoms with Crippen LogP contribution in [0.25, 0.3) is 10.2 Å². The summed E-state index contributed by atoms with van der Waals surface area (Å²) in [6, 6.07) is 15.3. The molecule has 0 bridgehead atoms. The van der Waals surface area contributed by atoms with Crippen LogP contribution in [0.1, 0.15) is 12.0 Å². The van der Waals surface area contributed by atoms with Gasteiger partial charge < -0.3 is 14.2 Å². The number of methoxy groups -OCH3 is 3. The van der Waals surface area contributed by atoms with E-state index in [0.29, 0.717) is 40.9 Å². The molecule has 0 radical (unpaired) electrons. The number of aromatic nitrogens is 2. The molecule has 2 aromatic heterocycles. The molecule has 0 N–H and O–H groups in total. The van der Waals surface area contributed by atoms with Crippen LogP contribution in [0.3, 0.4) is 0 Å². The third-order valence-electron chi connectivity index (χ3n) is 5.14. The van der Waals surface area contributed by atoms with Gasteiger partial charge in [0.05, 0.1) is 27.9 Å². The number of ether oxygens (including phenoxy) is 3. The van der Waals surface area contributed by atoms with Crippen molar-refractivity contribution in [3.63, 3.8) is 0 Å². The number of thioether (sulfide) groups is 1. The van der Waals surface area contributed by atoms with Gasteiger partial charge in [-0.05, 0) is 48.0 Å². The highest BCUT2D eigenvalue weighted by Gasteiger charge is 2.23. The van der Waals surface area contributed by atoms with E-state index >= 15 is 0 Å². The summed E-state index contributed by atoms with van der Waals surface area (Å²) in [5.41, 5.74) is 1.61. The molecule has 7 nitrogen and oxygen atoms in total. The van der Waals surface area contributed by atoms with Gasteiger partial charge in [-0.3, -0.25) is 14.7 Å². The van der Waals surface area contributed by atoms with E-state index in [4.69, 9.17) is 19.2 Å². The van der Waals surface area contributed by atoms with Crippen molar-refractivity contribution >= 4 is 44.4 Å². The first-order valence-corrected chi connectivity index (χ1v) is 12.4. The molecule has 34 heavy (non-hydrogen) atoms. The topological polar surface area (TPSA) is 73.8 Å². The molecule has 0 aliphatic heterocycles. The van der Waals surface area contributed by atoms with Gasteiger partial charge >= 0.3 is 0 Å².